The highest BCUT2D eigenvalue weighted by Crippen LogP contribution is 2.31. The smallest absolute Gasteiger partial charge is 0.263 e. The fraction of sp³-hybridized carbons (Fsp3) is 0. The molecule has 0 saturated heterocycles. The molecule has 9 heteroatoms. The van der Waals surface area contributed by atoms with Gasteiger partial charge in [0.2, 0.25) is 0 Å². The van der Waals surface area contributed by atoms with E-state index in [0.29, 0.717) is 15.2 Å². The van der Waals surface area contributed by atoms with E-state index >= 15 is 0 Å². The Balaban J connectivity index is 2.41. The van der Waals surface area contributed by atoms with Crippen LogP contribution >= 0.6 is 39.1 Å². The van der Waals surface area contributed by atoms with Gasteiger partial charge in [-0.3, -0.25) is 4.72 Å². The van der Waals surface area contributed by atoms with Gasteiger partial charge < -0.3 is 5.73 Å². The third kappa shape index (κ3) is 3.17. The van der Waals surface area contributed by atoms with Gasteiger partial charge in [0.05, 0.1) is 20.2 Å². The van der Waals surface area contributed by atoms with E-state index in [9.17, 15) is 8.42 Å². The number of anilines is 2. The van der Waals surface area contributed by atoms with Crippen molar-refractivity contribution in [3.63, 3.8) is 0 Å². The fourth-order valence-corrected chi connectivity index (χ4v) is 3.31. The maximum Gasteiger partial charge on any atom is 0.263 e. The Morgan fingerprint density at radius 3 is 2.60 bits per heavy atom. The predicted octanol–water partition coefficient (Wildman–Crippen LogP) is 3.53. The van der Waals surface area contributed by atoms with Crippen molar-refractivity contribution in [3.8, 4) is 0 Å². The van der Waals surface area contributed by atoms with Crippen LogP contribution in [0.3, 0.4) is 0 Å². The van der Waals surface area contributed by atoms with E-state index in [1.807, 2.05) is 0 Å². The molecule has 0 radical (unpaired) electrons. The molecule has 0 saturated carbocycles. The largest absolute Gasteiger partial charge is 0.382 e. The van der Waals surface area contributed by atoms with Gasteiger partial charge in [-0.15, -0.1) is 0 Å². The molecule has 2 aromatic rings. The summed E-state index contributed by atoms with van der Waals surface area (Å²) >= 11 is 14.9. The summed E-state index contributed by atoms with van der Waals surface area (Å²) in [7, 11) is -3.83. The van der Waals surface area contributed by atoms with Gasteiger partial charge in [0.1, 0.15) is 10.7 Å². The molecule has 106 valence electrons. The molecule has 0 bridgehead atoms. The molecule has 0 atom stereocenters. The van der Waals surface area contributed by atoms with Gasteiger partial charge in [0.25, 0.3) is 10.0 Å². The zero-order valence-corrected chi connectivity index (χ0v) is 13.7. The van der Waals surface area contributed by atoms with Crippen molar-refractivity contribution in [2.24, 2.45) is 0 Å². The quantitative estimate of drug-likeness (QED) is 0.830. The van der Waals surface area contributed by atoms with Crippen LogP contribution in [0.15, 0.2) is 39.8 Å². The first-order valence-corrected chi connectivity index (χ1v) is 8.22. The number of hydrogen-bond donors (Lipinski definition) is 2. The number of rotatable bonds is 3. The van der Waals surface area contributed by atoms with Crippen LogP contribution in [-0.2, 0) is 10.0 Å². The SMILES string of the molecule is Nc1ncc(S(=O)(=O)Nc2cccc(Cl)c2Br)cc1Cl. The van der Waals surface area contributed by atoms with Crippen molar-refractivity contribution in [3.05, 3.63) is 45.0 Å². The summed E-state index contributed by atoms with van der Waals surface area (Å²) in [5, 5.41) is 0.455. The summed E-state index contributed by atoms with van der Waals surface area (Å²) in [6, 6.07) is 6.05. The Hall–Kier alpha value is -1.02. The van der Waals surface area contributed by atoms with Crippen LogP contribution in [-0.4, -0.2) is 13.4 Å². The minimum atomic E-state index is -3.83. The number of pyridine rings is 1. The van der Waals surface area contributed by atoms with E-state index in [1.54, 1.807) is 18.2 Å². The molecule has 3 N–H and O–H groups in total. The first-order valence-electron chi connectivity index (χ1n) is 5.19. The first-order chi connectivity index (χ1) is 9.31. The van der Waals surface area contributed by atoms with Crippen LogP contribution in [0, 0.1) is 0 Å². The molecule has 0 fully saturated rings. The van der Waals surface area contributed by atoms with Crippen molar-refractivity contribution in [1.29, 1.82) is 0 Å². The zero-order valence-electron chi connectivity index (χ0n) is 9.77. The monoisotopic (exact) mass is 395 g/mol. The van der Waals surface area contributed by atoms with Gasteiger partial charge in [-0.2, -0.15) is 0 Å². The van der Waals surface area contributed by atoms with Crippen molar-refractivity contribution in [2.45, 2.75) is 4.90 Å². The lowest BCUT2D eigenvalue weighted by Gasteiger charge is -2.10. The minimum Gasteiger partial charge on any atom is -0.382 e. The standard InChI is InChI=1S/C11H8BrCl2N3O2S/c12-10-7(13)2-1-3-9(10)17-20(18,19)6-4-8(14)11(15)16-5-6/h1-5,17H,(H2,15,16). The van der Waals surface area contributed by atoms with Gasteiger partial charge >= 0.3 is 0 Å². The van der Waals surface area contributed by atoms with E-state index in [0.717, 1.165) is 6.20 Å². The highest BCUT2D eigenvalue weighted by Gasteiger charge is 2.18. The lowest BCUT2D eigenvalue weighted by molar-refractivity contribution is 0.601. The zero-order chi connectivity index (χ0) is 14.9. The average molecular weight is 397 g/mol. The number of benzene rings is 1. The molecule has 1 aromatic carbocycles. The molecule has 0 unspecified atom stereocenters. The fourth-order valence-electron chi connectivity index (χ4n) is 1.36. The van der Waals surface area contributed by atoms with Crippen LogP contribution in [0.5, 0.6) is 0 Å². The lowest BCUT2D eigenvalue weighted by atomic mass is 10.3. The molecule has 0 aliphatic rings. The van der Waals surface area contributed by atoms with Crippen molar-refractivity contribution < 1.29 is 8.42 Å². The summed E-state index contributed by atoms with van der Waals surface area (Å²) in [5.74, 6) is 0.0644. The van der Waals surface area contributed by atoms with Gasteiger partial charge in [-0.25, -0.2) is 13.4 Å². The Bertz CT molecular complexity index is 768. The third-order valence-electron chi connectivity index (χ3n) is 2.35. The van der Waals surface area contributed by atoms with Crippen molar-refractivity contribution in [1.82, 2.24) is 4.98 Å². The number of nitrogens with two attached hydrogens (primary N) is 1. The van der Waals surface area contributed by atoms with Gasteiger partial charge in [-0.05, 0) is 34.1 Å². The third-order valence-corrected chi connectivity index (χ3v) is 5.38. The second kappa shape index (κ2) is 5.77. The Morgan fingerprint density at radius 1 is 1.25 bits per heavy atom. The van der Waals surface area contributed by atoms with Gasteiger partial charge in [0.15, 0.2) is 0 Å². The lowest BCUT2D eigenvalue weighted by Crippen LogP contribution is -2.14. The molecular weight excluding hydrogens is 389 g/mol. The highest BCUT2D eigenvalue weighted by molar-refractivity contribution is 9.10. The normalized spacial score (nSPS) is 11.3. The van der Waals surface area contributed by atoms with E-state index in [4.69, 9.17) is 28.9 Å². The summed E-state index contributed by atoms with van der Waals surface area (Å²) in [6.45, 7) is 0. The molecule has 20 heavy (non-hydrogen) atoms. The van der Waals surface area contributed by atoms with Gasteiger partial charge in [0, 0.05) is 6.20 Å². The van der Waals surface area contributed by atoms with E-state index in [1.165, 1.54) is 6.07 Å². The molecule has 2 rings (SSSR count). The van der Waals surface area contributed by atoms with Crippen LogP contribution < -0.4 is 10.5 Å². The summed E-state index contributed by atoms with van der Waals surface area (Å²) in [4.78, 5) is 3.62. The number of halogens is 3. The van der Waals surface area contributed by atoms with Gasteiger partial charge in [-0.1, -0.05) is 29.3 Å². The summed E-state index contributed by atoms with van der Waals surface area (Å²) in [6.07, 6.45) is 1.13. The first kappa shape index (κ1) is 15.4. The number of aromatic nitrogens is 1. The number of sulfonamides is 1. The summed E-state index contributed by atoms with van der Waals surface area (Å²) < 4.78 is 27.3. The molecule has 5 nitrogen and oxygen atoms in total. The van der Waals surface area contributed by atoms with Crippen LogP contribution in [0.25, 0.3) is 0 Å². The van der Waals surface area contributed by atoms with Crippen molar-refractivity contribution >= 4 is 60.7 Å². The maximum atomic E-state index is 12.2. The topological polar surface area (TPSA) is 85.1 Å². The van der Waals surface area contributed by atoms with E-state index in [-0.39, 0.29) is 15.7 Å². The van der Waals surface area contributed by atoms with Crippen LogP contribution in [0.2, 0.25) is 10.0 Å². The Kier molecular flexibility index (Phi) is 4.43. The number of nitrogens with zero attached hydrogens (tertiary/aromatic N) is 1. The van der Waals surface area contributed by atoms with E-state index in [2.05, 4.69) is 25.6 Å². The van der Waals surface area contributed by atoms with Crippen LogP contribution in [0.1, 0.15) is 0 Å². The number of hydrogen-bond acceptors (Lipinski definition) is 4. The summed E-state index contributed by atoms with van der Waals surface area (Å²) in [5.41, 5.74) is 5.76. The Morgan fingerprint density at radius 2 is 1.95 bits per heavy atom. The molecule has 0 amide bonds. The molecule has 1 aromatic heterocycles. The molecular formula is C11H8BrCl2N3O2S. The number of nitrogen functional groups attached to an aromatic ring is 1. The molecule has 0 aliphatic heterocycles. The Labute approximate surface area is 134 Å². The average Bonchev–Trinajstić information content (AvgIpc) is 2.38. The van der Waals surface area contributed by atoms with E-state index < -0.39 is 10.0 Å². The number of nitrogens with one attached hydrogen (secondary N) is 1. The maximum absolute atomic E-state index is 12.2. The molecule has 0 aliphatic carbocycles. The minimum absolute atomic E-state index is 0.0644. The van der Waals surface area contributed by atoms with Crippen molar-refractivity contribution in [2.75, 3.05) is 10.5 Å². The molecule has 1 heterocycles. The van der Waals surface area contributed by atoms with Crippen LogP contribution in [0.4, 0.5) is 11.5 Å². The second-order valence-corrected chi connectivity index (χ2v) is 7.03. The second-order valence-electron chi connectivity index (χ2n) is 3.74. The predicted molar refractivity (Wildman–Crippen MR) is 83.6 cm³/mol. The highest BCUT2D eigenvalue weighted by atomic mass is 79.9. The molecule has 0 spiro atoms.